The number of halogens is 1. The van der Waals surface area contributed by atoms with Gasteiger partial charge in [0.15, 0.2) is 0 Å². The Kier molecular flexibility index (Phi) is 6.01. The summed E-state index contributed by atoms with van der Waals surface area (Å²) in [6, 6.07) is 20.1. The molecule has 162 valence electrons. The van der Waals surface area contributed by atoms with E-state index in [1.54, 1.807) is 12.4 Å². The maximum absolute atomic E-state index is 12.8. The Morgan fingerprint density at radius 2 is 1.94 bits per heavy atom. The van der Waals surface area contributed by atoms with E-state index in [-0.39, 0.29) is 11.8 Å². The molecule has 0 saturated carbocycles. The minimum Gasteiger partial charge on any atom is -0.326 e. The summed E-state index contributed by atoms with van der Waals surface area (Å²) < 4.78 is 3.25. The molecule has 1 atom stereocenters. The van der Waals surface area contributed by atoms with E-state index in [2.05, 4.69) is 60.0 Å². The number of amides is 1. The van der Waals surface area contributed by atoms with E-state index in [0.717, 1.165) is 58.6 Å². The molecule has 1 saturated heterocycles. The standard InChI is InChI=1S/C25H24BrN5O/c26-19-6-3-7-21(15-19)31-23-9-2-1-8-22(23)29-24(31)17-30-14-4-5-18(16-30)25(32)28-20-10-12-27-13-11-20/h1-3,6-13,15,18H,4-5,14,16-17H2,(H,27,28,32)/t18-/m1/s1. The summed E-state index contributed by atoms with van der Waals surface area (Å²) in [4.78, 5) is 24.1. The van der Waals surface area contributed by atoms with Gasteiger partial charge in [-0.1, -0.05) is 34.1 Å². The molecule has 1 aliphatic rings. The van der Waals surface area contributed by atoms with Gasteiger partial charge in [0.05, 0.1) is 23.5 Å². The zero-order valence-electron chi connectivity index (χ0n) is 17.6. The highest BCUT2D eigenvalue weighted by molar-refractivity contribution is 9.10. The third-order valence-electron chi connectivity index (χ3n) is 5.89. The Balaban J connectivity index is 1.38. The van der Waals surface area contributed by atoms with E-state index >= 15 is 0 Å². The molecule has 2 aromatic heterocycles. The number of fused-ring (bicyclic) bond motifs is 1. The highest BCUT2D eigenvalue weighted by Gasteiger charge is 2.27. The van der Waals surface area contributed by atoms with Crippen molar-refractivity contribution in [2.75, 3.05) is 18.4 Å². The fourth-order valence-corrected chi connectivity index (χ4v) is 4.77. The molecule has 1 aliphatic heterocycles. The number of nitrogens with one attached hydrogen (secondary N) is 1. The van der Waals surface area contributed by atoms with Crippen LogP contribution < -0.4 is 5.32 Å². The molecule has 7 heteroatoms. The molecule has 1 amide bonds. The molecule has 0 bridgehead atoms. The van der Waals surface area contributed by atoms with Crippen molar-refractivity contribution in [1.29, 1.82) is 0 Å². The predicted molar refractivity (Wildman–Crippen MR) is 130 cm³/mol. The van der Waals surface area contributed by atoms with Crippen molar-refractivity contribution >= 4 is 38.6 Å². The van der Waals surface area contributed by atoms with Gasteiger partial charge in [0, 0.05) is 34.8 Å². The summed E-state index contributed by atoms with van der Waals surface area (Å²) >= 11 is 3.59. The van der Waals surface area contributed by atoms with Gasteiger partial charge in [0.1, 0.15) is 5.82 Å². The second-order valence-corrected chi connectivity index (χ2v) is 9.05. The molecule has 1 N–H and O–H groups in total. The topological polar surface area (TPSA) is 63.1 Å². The lowest BCUT2D eigenvalue weighted by molar-refractivity contribution is -0.121. The van der Waals surface area contributed by atoms with Crippen molar-refractivity contribution in [3.05, 3.63) is 83.4 Å². The first kappa shape index (κ1) is 20.8. The lowest BCUT2D eigenvalue weighted by atomic mass is 9.97. The van der Waals surface area contributed by atoms with Gasteiger partial charge in [-0.15, -0.1) is 0 Å². The number of para-hydroxylation sites is 2. The number of anilines is 1. The second-order valence-electron chi connectivity index (χ2n) is 8.13. The maximum atomic E-state index is 12.8. The minimum atomic E-state index is -0.0411. The monoisotopic (exact) mass is 489 g/mol. The van der Waals surface area contributed by atoms with Crippen LogP contribution in [0.2, 0.25) is 0 Å². The van der Waals surface area contributed by atoms with Crippen molar-refractivity contribution in [1.82, 2.24) is 19.4 Å². The van der Waals surface area contributed by atoms with Crippen LogP contribution in [0.25, 0.3) is 16.7 Å². The van der Waals surface area contributed by atoms with Crippen LogP contribution in [0.4, 0.5) is 5.69 Å². The van der Waals surface area contributed by atoms with Crippen LogP contribution in [-0.4, -0.2) is 38.4 Å². The normalized spacial score (nSPS) is 16.8. The summed E-state index contributed by atoms with van der Waals surface area (Å²) in [5, 5.41) is 3.03. The van der Waals surface area contributed by atoms with Crippen LogP contribution >= 0.6 is 15.9 Å². The molecule has 0 radical (unpaired) electrons. The summed E-state index contributed by atoms with van der Waals surface area (Å²) in [5.74, 6) is 1.02. The average Bonchev–Trinajstić information content (AvgIpc) is 3.17. The first-order valence-electron chi connectivity index (χ1n) is 10.8. The molecular formula is C25H24BrN5O. The van der Waals surface area contributed by atoms with Gasteiger partial charge >= 0.3 is 0 Å². The van der Waals surface area contributed by atoms with E-state index in [1.807, 2.05) is 36.4 Å². The molecule has 32 heavy (non-hydrogen) atoms. The number of carbonyl (C=O) groups is 1. The van der Waals surface area contributed by atoms with Crippen LogP contribution in [-0.2, 0) is 11.3 Å². The average molecular weight is 490 g/mol. The van der Waals surface area contributed by atoms with E-state index in [4.69, 9.17) is 4.98 Å². The van der Waals surface area contributed by atoms with Gasteiger partial charge in [-0.2, -0.15) is 0 Å². The van der Waals surface area contributed by atoms with E-state index in [9.17, 15) is 4.79 Å². The lowest BCUT2D eigenvalue weighted by Crippen LogP contribution is -2.40. The first-order valence-corrected chi connectivity index (χ1v) is 11.6. The number of nitrogens with zero attached hydrogens (tertiary/aromatic N) is 4. The predicted octanol–water partition coefficient (Wildman–Crippen LogP) is 5.03. The molecular weight excluding hydrogens is 466 g/mol. The van der Waals surface area contributed by atoms with Gasteiger partial charge in [-0.3, -0.25) is 19.2 Å². The third kappa shape index (κ3) is 4.45. The number of piperidine rings is 1. The molecule has 5 rings (SSSR count). The lowest BCUT2D eigenvalue weighted by Gasteiger charge is -2.31. The second kappa shape index (κ2) is 9.22. The van der Waals surface area contributed by atoms with Gasteiger partial charge in [0.25, 0.3) is 0 Å². The third-order valence-corrected chi connectivity index (χ3v) is 6.38. The van der Waals surface area contributed by atoms with Crippen molar-refractivity contribution in [2.24, 2.45) is 5.92 Å². The number of hydrogen-bond donors (Lipinski definition) is 1. The summed E-state index contributed by atoms with van der Waals surface area (Å²) in [5.41, 5.74) is 3.93. The summed E-state index contributed by atoms with van der Waals surface area (Å²) in [6.45, 7) is 2.37. The molecule has 4 aromatic rings. The number of rotatable bonds is 5. The van der Waals surface area contributed by atoms with Crippen molar-refractivity contribution in [3.63, 3.8) is 0 Å². The van der Waals surface area contributed by atoms with Gasteiger partial charge < -0.3 is 5.32 Å². The smallest absolute Gasteiger partial charge is 0.228 e. The SMILES string of the molecule is O=C(Nc1ccncc1)[C@@H]1CCCN(Cc2nc3ccccc3n2-c2cccc(Br)c2)C1. The van der Waals surface area contributed by atoms with Gasteiger partial charge in [-0.25, -0.2) is 4.98 Å². The molecule has 3 heterocycles. The van der Waals surface area contributed by atoms with Crippen LogP contribution in [0.3, 0.4) is 0 Å². The van der Waals surface area contributed by atoms with Crippen LogP contribution in [0.5, 0.6) is 0 Å². The number of likely N-dealkylation sites (tertiary alicyclic amines) is 1. The van der Waals surface area contributed by atoms with E-state index in [0.29, 0.717) is 6.54 Å². The number of carbonyl (C=O) groups excluding carboxylic acids is 1. The first-order chi connectivity index (χ1) is 15.7. The van der Waals surface area contributed by atoms with Crippen LogP contribution in [0, 0.1) is 5.92 Å². The Morgan fingerprint density at radius 1 is 1.09 bits per heavy atom. The number of benzene rings is 2. The van der Waals surface area contributed by atoms with E-state index in [1.165, 1.54) is 0 Å². The Labute approximate surface area is 195 Å². The number of aromatic nitrogens is 3. The zero-order chi connectivity index (χ0) is 21.9. The number of hydrogen-bond acceptors (Lipinski definition) is 4. The Bertz CT molecular complexity index is 1240. The largest absolute Gasteiger partial charge is 0.326 e. The maximum Gasteiger partial charge on any atom is 0.228 e. The van der Waals surface area contributed by atoms with E-state index < -0.39 is 0 Å². The molecule has 2 aromatic carbocycles. The van der Waals surface area contributed by atoms with Crippen molar-refractivity contribution in [3.8, 4) is 5.69 Å². The number of imidazole rings is 1. The van der Waals surface area contributed by atoms with Gasteiger partial charge in [0.2, 0.25) is 5.91 Å². The summed E-state index contributed by atoms with van der Waals surface area (Å²) in [6.07, 6.45) is 5.27. The minimum absolute atomic E-state index is 0.0411. The molecule has 6 nitrogen and oxygen atoms in total. The zero-order valence-corrected chi connectivity index (χ0v) is 19.2. The molecule has 1 fully saturated rings. The van der Waals surface area contributed by atoms with Gasteiger partial charge in [-0.05, 0) is 61.9 Å². The van der Waals surface area contributed by atoms with Crippen molar-refractivity contribution in [2.45, 2.75) is 19.4 Å². The molecule has 0 unspecified atom stereocenters. The highest BCUT2D eigenvalue weighted by Crippen LogP contribution is 2.26. The molecule has 0 spiro atoms. The fraction of sp³-hybridized carbons (Fsp3) is 0.240. The van der Waals surface area contributed by atoms with Crippen LogP contribution in [0.15, 0.2) is 77.5 Å². The number of pyridine rings is 1. The highest BCUT2D eigenvalue weighted by atomic mass is 79.9. The Hall–Kier alpha value is -3.03. The fourth-order valence-electron chi connectivity index (χ4n) is 4.38. The summed E-state index contributed by atoms with van der Waals surface area (Å²) in [7, 11) is 0. The van der Waals surface area contributed by atoms with Crippen LogP contribution in [0.1, 0.15) is 18.7 Å². The Morgan fingerprint density at radius 3 is 2.78 bits per heavy atom. The quantitative estimate of drug-likeness (QED) is 0.426. The van der Waals surface area contributed by atoms with Crippen molar-refractivity contribution < 1.29 is 4.79 Å². The molecule has 0 aliphatic carbocycles.